The molecule has 2 saturated heterocycles. The molecule has 2 aliphatic heterocycles. The first-order valence-corrected chi connectivity index (χ1v) is 10.9. The smallest absolute Gasteiger partial charge is 0.266 e. The van der Waals surface area contributed by atoms with Gasteiger partial charge < -0.3 is 14.4 Å². The van der Waals surface area contributed by atoms with Crippen molar-refractivity contribution in [2.24, 2.45) is 4.99 Å². The number of halogens is 1. The number of morpholine rings is 1. The van der Waals surface area contributed by atoms with Crippen molar-refractivity contribution in [3.8, 4) is 0 Å². The third-order valence-electron chi connectivity index (χ3n) is 5.01. The highest BCUT2D eigenvalue weighted by atomic mass is 32.2. The molecule has 1 amide bonds. The predicted octanol–water partition coefficient (Wildman–Crippen LogP) is 3.91. The molecule has 2 aromatic rings. The fourth-order valence-corrected chi connectivity index (χ4v) is 4.43. The Kier molecular flexibility index (Phi) is 7.01. The monoisotopic (exact) mass is 441 g/mol. The number of ether oxygens (including phenoxy) is 2. The molecule has 0 spiro atoms. The highest BCUT2D eigenvalue weighted by molar-refractivity contribution is 8.18. The zero-order valence-corrected chi connectivity index (χ0v) is 18.1. The normalized spacial score (nSPS) is 19.6. The van der Waals surface area contributed by atoms with Crippen LogP contribution in [0.4, 0.5) is 15.8 Å². The number of amidine groups is 1. The number of rotatable bonds is 6. The Hall–Kier alpha value is -2.68. The van der Waals surface area contributed by atoms with Gasteiger partial charge in [0.2, 0.25) is 0 Å². The quantitative estimate of drug-likeness (QED) is 0.636. The summed E-state index contributed by atoms with van der Waals surface area (Å²) in [5.74, 6) is -0.462. The summed E-state index contributed by atoms with van der Waals surface area (Å²) in [5.41, 5.74) is 1.96. The summed E-state index contributed by atoms with van der Waals surface area (Å²) in [5, 5.41) is 0.588. The van der Waals surface area contributed by atoms with Crippen molar-refractivity contribution >= 4 is 40.3 Å². The topological polar surface area (TPSA) is 54.4 Å². The Bertz CT molecular complexity index is 991. The molecule has 0 atom stereocenters. The molecule has 8 heteroatoms. The van der Waals surface area contributed by atoms with E-state index in [1.54, 1.807) is 24.2 Å². The van der Waals surface area contributed by atoms with E-state index in [2.05, 4.69) is 4.99 Å². The van der Waals surface area contributed by atoms with Crippen LogP contribution in [0, 0.1) is 5.82 Å². The molecule has 162 valence electrons. The van der Waals surface area contributed by atoms with E-state index in [0.717, 1.165) is 5.69 Å². The van der Waals surface area contributed by atoms with E-state index in [4.69, 9.17) is 9.47 Å². The molecular weight excluding hydrogens is 417 g/mol. The highest BCUT2D eigenvalue weighted by Crippen LogP contribution is 2.34. The van der Waals surface area contributed by atoms with Gasteiger partial charge in [0.25, 0.3) is 5.91 Å². The second-order valence-electron chi connectivity index (χ2n) is 7.10. The standard InChI is InChI=1S/C23H24FN3O3S/c1-29-12-11-27-22(28)21(31-23(27)25-18-5-3-2-4-6-18)16-17-7-8-20(19(24)15-17)26-9-13-30-14-10-26/h2-8,15-16H,9-14H2,1H3. The molecule has 6 nitrogen and oxygen atoms in total. The maximum absolute atomic E-state index is 14.8. The molecule has 31 heavy (non-hydrogen) atoms. The summed E-state index contributed by atoms with van der Waals surface area (Å²) in [6.07, 6.45) is 1.71. The van der Waals surface area contributed by atoms with E-state index in [-0.39, 0.29) is 11.7 Å². The van der Waals surface area contributed by atoms with E-state index in [9.17, 15) is 9.18 Å². The number of thioether (sulfide) groups is 1. The van der Waals surface area contributed by atoms with Crippen molar-refractivity contribution < 1.29 is 18.7 Å². The Morgan fingerprint density at radius 1 is 1.19 bits per heavy atom. The van der Waals surface area contributed by atoms with Gasteiger partial charge >= 0.3 is 0 Å². The summed E-state index contributed by atoms with van der Waals surface area (Å²) in [6.45, 7) is 3.32. The van der Waals surface area contributed by atoms with Gasteiger partial charge in [0.15, 0.2) is 5.17 Å². The summed E-state index contributed by atoms with van der Waals surface area (Å²) < 4.78 is 25.2. The summed E-state index contributed by atoms with van der Waals surface area (Å²) in [4.78, 5) is 21.7. The van der Waals surface area contributed by atoms with Crippen molar-refractivity contribution in [2.75, 3.05) is 51.5 Å². The Balaban J connectivity index is 1.58. The maximum Gasteiger partial charge on any atom is 0.266 e. The number of aliphatic imine (C=N–C) groups is 1. The Labute approximate surface area is 185 Å². The molecule has 2 aromatic carbocycles. The zero-order valence-electron chi connectivity index (χ0n) is 17.3. The first kappa shape index (κ1) is 21.5. The van der Waals surface area contributed by atoms with Crippen molar-refractivity contribution in [1.82, 2.24) is 4.90 Å². The average Bonchev–Trinajstić information content (AvgIpc) is 3.07. The van der Waals surface area contributed by atoms with Crippen LogP contribution in [-0.2, 0) is 14.3 Å². The summed E-state index contributed by atoms with van der Waals surface area (Å²) >= 11 is 1.29. The van der Waals surface area contributed by atoms with Crippen LogP contribution in [0.25, 0.3) is 6.08 Å². The van der Waals surface area contributed by atoms with Crippen LogP contribution >= 0.6 is 11.8 Å². The number of carbonyl (C=O) groups excluding carboxylic acids is 1. The molecular formula is C23H24FN3O3S. The van der Waals surface area contributed by atoms with Crippen LogP contribution in [0.5, 0.6) is 0 Å². The first-order valence-electron chi connectivity index (χ1n) is 10.1. The van der Waals surface area contributed by atoms with Crippen LogP contribution in [0.2, 0.25) is 0 Å². The van der Waals surface area contributed by atoms with Crippen LogP contribution in [0.15, 0.2) is 58.4 Å². The van der Waals surface area contributed by atoms with E-state index < -0.39 is 0 Å². The minimum absolute atomic E-state index is 0.158. The third-order valence-corrected chi connectivity index (χ3v) is 6.02. The molecule has 2 fully saturated rings. The van der Waals surface area contributed by atoms with Gasteiger partial charge in [0, 0.05) is 20.2 Å². The number of hydrogen-bond donors (Lipinski definition) is 0. The minimum atomic E-state index is -0.305. The van der Waals surface area contributed by atoms with Crippen molar-refractivity contribution in [3.63, 3.8) is 0 Å². The molecule has 0 N–H and O–H groups in total. The zero-order chi connectivity index (χ0) is 21.6. The molecule has 4 rings (SSSR count). The minimum Gasteiger partial charge on any atom is -0.383 e. The van der Waals surface area contributed by atoms with Crippen molar-refractivity contribution in [1.29, 1.82) is 0 Å². The van der Waals surface area contributed by atoms with Crippen LogP contribution in [0.3, 0.4) is 0 Å². The van der Waals surface area contributed by atoms with Crippen LogP contribution in [-0.4, -0.2) is 62.5 Å². The van der Waals surface area contributed by atoms with Gasteiger partial charge in [0.05, 0.1) is 42.6 Å². The number of hydrogen-bond acceptors (Lipinski definition) is 6. The van der Waals surface area contributed by atoms with Gasteiger partial charge in [-0.15, -0.1) is 0 Å². The van der Waals surface area contributed by atoms with Crippen LogP contribution < -0.4 is 4.90 Å². The largest absolute Gasteiger partial charge is 0.383 e. The number of amides is 1. The lowest BCUT2D eigenvalue weighted by molar-refractivity contribution is -0.122. The molecule has 0 saturated carbocycles. The number of nitrogens with zero attached hydrogens (tertiary/aromatic N) is 3. The molecule has 0 aromatic heterocycles. The van der Waals surface area contributed by atoms with Gasteiger partial charge in [-0.05, 0) is 47.7 Å². The third kappa shape index (κ3) is 5.15. The lowest BCUT2D eigenvalue weighted by atomic mass is 10.1. The number of methoxy groups -OCH3 is 1. The first-order chi connectivity index (χ1) is 15.2. The van der Waals surface area contributed by atoms with Gasteiger partial charge in [-0.2, -0.15) is 0 Å². The van der Waals surface area contributed by atoms with Gasteiger partial charge in [-0.1, -0.05) is 24.3 Å². The highest BCUT2D eigenvalue weighted by Gasteiger charge is 2.33. The van der Waals surface area contributed by atoms with Gasteiger partial charge in [-0.25, -0.2) is 9.38 Å². The number of anilines is 1. The maximum atomic E-state index is 14.8. The SMILES string of the molecule is COCCN1C(=O)C(=Cc2ccc(N3CCOCC3)c(F)c2)SC1=Nc1ccccc1. The second kappa shape index (κ2) is 10.1. The molecule has 0 bridgehead atoms. The molecule has 0 aliphatic carbocycles. The average molecular weight is 442 g/mol. The summed E-state index contributed by atoms with van der Waals surface area (Å²) in [6, 6.07) is 14.5. The lowest BCUT2D eigenvalue weighted by Crippen LogP contribution is -2.36. The number of benzene rings is 2. The molecule has 2 aliphatic rings. The Morgan fingerprint density at radius 3 is 2.68 bits per heavy atom. The van der Waals surface area contributed by atoms with Crippen LogP contribution in [0.1, 0.15) is 5.56 Å². The number of carbonyl (C=O) groups is 1. The van der Waals surface area contributed by atoms with Crippen molar-refractivity contribution in [2.45, 2.75) is 0 Å². The second-order valence-corrected chi connectivity index (χ2v) is 8.11. The van der Waals surface area contributed by atoms with E-state index in [0.29, 0.717) is 60.8 Å². The summed E-state index contributed by atoms with van der Waals surface area (Å²) in [7, 11) is 1.59. The van der Waals surface area contributed by atoms with Crippen molar-refractivity contribution in [3.05, 3.63) is 64.8 Å². The Morgan fingerprint density at radius 2 is 1.97 bits per heavy atom. The molecule has 0 unspecified atom stereocenters. The molecule has 0 radical (unpaired) electrons. The van der Waals surface area contributed by atoms with E-state index in [1.807, 2.05) is 41.3 Å². The van der Waals surface area contributed by atoms with E-state index in [1.165, 1.54) is 17.8 Å². The lowest BCUT2D eigenvalue weighted by Gasteiger charge is -2.29. The van der Waals surface area contributed by atoms with Gasteiger partial charge in [-0.3, -0.25) is 9.69 Å². The predicted molar refractivity (Wildman–Crippen MR) is 122 cm³/mol. The van der Waals surface area contributed by atoms with E-state index >= 15 is 0 Å². The fourth-order valence-electron chi connectivity index (χ4n) is 3.41. The fraction of sp³-hybridized carbons (Fsp3) is 0.304. The van der Waals surface area contributed by atoms with Gasteiger partial charge in [0.1, 0.15) is 5.82 Å². The number of para-hydroxylation sites is 1. The molecule has 2 heterocycles.